The molecule has 0 aliphatic rings. The van der Waals surface area contributed by atoms with Crippen LogP contribution in [0.4, 0.5) is 0 Å². The molecule has 19 heavy (non-hydrogen) atoms. The summed E-state index contributed by atoms with van der Waals surface area (Å²) >= 11 is 0. The van der Waals surface area contributed by atoms with Crippen LogP contribution in [0.25, 0.3) is 11.1 Å². The maximum Gasteiger partial charge on any atom is 0.336 e. The first-order valence-electron chi connectivity index (χ1n) is 5.62. The summed E-state index contributed by atoms with van der Waals surface area (Å²) in [5.74, 6) is -0.581. The highest BCUT2D eigenvalue weighted by molar-refractivity contribution is 5.96. The number of para-hydroxylation sites is 1. The number of rotatable bonds is 3. The van der Waals surface area contributed by atoms with Gasteiger partial charge in [-0.2, -0.15) is 0 Å². The zero-order valence-corrected chi connectivity index (χ0v) is 10.6. The van der Waals surface area contributed by atoms with E-state index in [2.05, 4.69) is 0 Å². The number of carboxylic acid groups (broad SMARTS) is 1. The number of hydrogen-bond acceptors (Lipinski definition) is 3. The predicted octanol–water partition coefficient (Wildman–Crippen LogP) is 1.76. The normalized spacial score (nSPS) is 10.2. The van der Waals surface area contributed by atoms with Crippen molar-refractivity contribution in [2.24, 2.45) is 7.05 Å². The van der Waals surface area contributed by atoms with E-state index in [-0.39, 0.29) is 11.1 Å². The van der Waals surface area contributed by atoms with E-state index in [4.69, 9.17) is 4.74 Å². The van der Waals surface area contributed by atoms with Crippen LogP contribution in [0.15, 0.2) is 41.3 Å². The third-order valence-electron chi connectivity index (χ3n) is 2.86. The average Bonchev–Trinajstić information content (AvgIpc) is 2.41. The Hall–Kier alpha value is -2.56. The number of hydrogen-bond donors (Lipinski definition) is 1. The van der Waals surface area contributed by atoms with Crippen LogP contribution in [0.2, 0.25) is 0 Å². The topological polar surface area (TPSA) is 68.5 Å². The summed E-state index contributed by atoms with van der Waals surface area (Å²) in [6.07, 6.45) is 1.50. The molecule has 0 bridgehead atoms. The number of methoxy groups -OCH3 is 1. The van der Waals surface area contributed by atoms with Crippen LogP contribution in [0.3, 0.4) is 0 Å². The van der Waals surface area contributed by atoms with E-state index in [9.17, 15) is 14.7 Å². The monoisotopic (exact) mass is 259 g/mol. The highest BCUT2D eigenvalue weighted by Gasteiger charge is 2.16. The van der Waals surface area contributed by atoms with Gasteiger partial charge >= 0.3 is 5.97 Å². The molecule has 0 saturated carbocycles. The third-order valence-corrected chi connectivity index (χ3v) is 2.86. The Bertz CT molecular complexity index is 688. The predicted molar refractivity (Wildman–Crippen MR) is 70.6 cm³/mol. The van der Waals surface area contributed by atoms with E-state index in [1.807, 2.05) is 0 Å². The Labute approximate surface area is 109 Å². The minimum atomic E-state index is -1.14. The van der Waals surface area contributed by atoms with Crippen molar-refractivity contribution in [2.45, 2.75) is 0 Å². The van der Waals surface area contributed by atoms with Crippen molar-refractivity contribution in [3.8, 4) is 16.9 Å². The van der Waals surface area contributed by atoms with Gasteiger partial charge in [0.05, 0.1) is 12.7 Å². The van der Waals surface area contributed by atoms with Crippen molar-refractivity contribution in [1.29, 1.82) is 0 Å². The van der Waals surface area contributed by atoms with Gasteiger partial charge in [0.1, 0.15) is 5.75 Å². The first kappa shape index (κ1) is 12.9. The van der Waals surface area contributed by atoms with Crippen LogP contribution in [0.5, 0.6) is 5.75 Å². The van der Waals surface area contributed by atoms with Crippen LogP contribution in [-0.4, -0.2) is 22.8 Å². The lowest BCUT2D eigenvalue weighted by molar-refractivity contribution is 0.0697. The Morgan fingerprint density at radius 1 is 1.26 bits per heavy atom. The molecule has 0 amide bonds. The number of pyridine rings is 1. The van der Waals surface area contributed by atoms with Gasteiger partial charge in [0, 0.05) is 30.4 Å². The third kappa shape index (κ3) is 2.35. The summed E-state index contributed by atoms with van der Waals surface area (Å²) in [6.45, 7) is 0. The van der Waals surface area contributed by atoms with Gasteiger partial charge in [0.25, 0.3) is 5.56 Å². The van der Waals surface area contributed by atoms with Crippen LogP contribution in [-0.2, 0) is 7.05 Å². The van der Waals surface area contributed by atoms with Crippen LogP contribution < -0.4 is 10.3 Å². The van der Waals surface area contributed by atoms with Crippen molar-refractivity contribution in [1.82, 2.24) is 4.57 Å². The highest BCUT2D eigenvalue weighted by Crippen LogP contribution is 2.31. The van der Waals surface area contributed by atoms with Crippen molar-refractivity contribution in [3.63, 3.8) is 0 Å². The molecule has 5 heteroatoms. The largest absolute Gasteiger partial charge is 0.496 e. The maximum atomic E-state index is 11.6. The molecule has 2 rings (SSSR count). The second-order valence-corrected chi connectivity index (χ2v) is 4.06. The number of benzene rings is 1. The Balaban J connectivity index is 2.77. The fourth-order valence-corrected chi connectivity index (χ4v) is 1.89. The van der Waals surface area contributed by atoms with Crippen molar-refractivity contribution in [3.05, 3.63) is 52.4 Å². The fourth-order valence-electron chi connectivity index (χ4n) is 1.89. The van der Waals surface area contributed by atoms with Gasteiger partial charge in [0.15, 0.2) is 0 Å². The first-order chi connectivity index (χ1) is 9.04. The molecule has 0 atom stereocenters. The lowest BCUT2D eigenvalue weighted by atomic mass is 10.0. The molecule has 5 nitrogen and oxygen atoms in total. The molecule has 1 N–H and O–H groups in total. The van der Waals surface area contributed by atoms with Gasteiger partial charge in [0.2, 0.25) is 0 Å². The molecule has 1 aromatic heterocycles. The van der Waals surface area contributed by atoms with Gasteiger partial charge in [-0.25, -0.2) is 4.79 Å². The van der Waals surface area contributed by atoms with E-state index in [0.29, 0.717) is 16.9 Å². The molecule has 0 unspecified atom stereocenters. The zero-order valence-electron chi connectivity index (χ0n) is 10.6. The molecular weight excluding hydrogens is 246 g/mol. The van der Waals surface area contributed by atoms with Gasteiger partial charge in [-0.05, 0) is 6.07 Å². The molecule has 0 fully saturated rings. The molecule has 0 aliphatic carbocycles. The van der Waals surface area contributed by atoms with E-state index >= 15 is 0 Å². The molecule has 0 saturated heterocycles. The molecule has 0 aliphatic heterocycles. The Morgan fingerprint density at radius 2 is 1.95 bits per heavy atom. The maximum absolute atomic E-state index is 11.6. The summed E-state index contributed by atoms with van der Waals surface area (Å²) in [4.78, 5) is 22.8. The Kier molecular flexibility index (Phi) is 3.37. The molecule has 0 spiro atoms. The average molecular weight is 259 g/mol. The van der Waals surface area contributed by atoms with Crippen LogP contribution in [0, 0.1) is 0 Å². The lowest BCUT2D eigenvalue weighted by Gasteiger charge is -2.12. The summed E-state index contributed by atoms with van der Waals surface area (Å²) in [5.41, 5.74) is 0.689. The summed E-state index contributed by atoms with van der Waals surface area (Å²) in [7, 11) is 3.09. The fraction of sp³-hybridized carbons (Fsp3) is 0.143. The minimum Gasteiger partial charge on any atom is -0.496 e. The van der Waals surface area contributed by atoms with E-state index in [0.717, 1.165) is 6.07 Å². The van der Waals surface area contributed by atoms with Gasteiger partial charge in [-0.15, -0.1) is 0 Å². The second-order valence-electron chi connectivity index (χ2n) is 4.06. The summed E-state index contributed by atoms with van der Waals surface area (Å²) in [6, 6.07) is 8.20. The number of carbonyl (C=O) groups is 1. The smallest absolute Gasteiger partial charge is 0.336 e. The zero-order chi connectivity index (χ0) is 14.0. The van der Waals surface area contributed by atoms with Crippen molar-refractivity contribution >= 4 is 5.97 Å². The van der Waals surface area contributed by atoms with Gasteiger partial charge in [-0.1, -0.05) is 18.2 Å². The molecular formula is C14H13NO4. The number of nitrogens with zero attached hydrogens (tertiary/aromatic N) is 1. The molecule has 1 aromatic carbocycles. The number of aryl methyl sites for hydroxylation is 1. The SMILES string of the molecule is COc1ccccc1-c1cn(C)c(=O)cc1C(=O)O. The van der Waals surface area contributed by atoms with E-state index in [1.165, 1.54) is 17.9 Å². The molecule has 1 heterocycles. The Morgan fingerprint density at radius 3 is 2.58 bits per heavy atom. The molecule has 0 radical (unpaired) electrons. The number of carboxylic acids is 1. The van der Waals surface area contributed by atoms with Crippen molar-refractivity contribution < 1.29 is 14.6 Å². The minimum absolute atomic E-state index is 0.0346. The van der Waals surface area contributed by atoms with Gasteiger partial charge in [-0.3, -0.25) is 4.79 Å². The van der Waals surface area contributed by atoms with Crippen molar-refractivity contribution in [2.75, 3.05) is 7.11 Å². The lowest BCUT2D eigenvalue weighted by Crippen LogP contribution is -2.18. The number of ether oxygens (including phenoxy) is 1. The van der Waals surface area contributed by atoms with E-state index in [1.54, 1.807) is 31.3 Å². The summed E-state index contributed by atoms with van der Waals surface area (Å²) in [5, 5.41) is 9.22. The van der Waals surface area contributed by atoms with Gasteiger partial charge < -0.3 is 14.4 Å². The highest BCUT2D eigenvalue weighted by atomic mass is 16.5. The quantitative estimate of drug-likeness (QED) is 0.911. The molecule has 2 aromatic rings. The van der Waals surface area contributed by atoms with Crippen LogP contribution >= 0.6 is 0 Å². The second kappa shape index (κ2) is 4.97. The first-order valence-corrected chi connectivity index (χ1v) is 5.62. The standard InChI is InChI=1S/C14H13NO4/c1-15-8-11(10(14(17)18)7-13(15)16)9-5-3-4-6-12(9)19-2/h3-8H,1-2H3,(H,17,18). The molecule has 98 valence electrons. The number of aromatic carboxylic acids is 1. The van der Waals surface area contributed by atoms with E-state index < -0.39 is 5.97 Å². The van der Waals surface area contributed by atoms with Crippen LogP contribution in [0.1, 0.15) is 10.4 Å². The number of aromatic nitrogens is 1. The summed E-state index contributed by atoms with van der Waals surface area (Å²) < 4.78 is 6.57.